The van der Waals surface area contributed by atoms with E-state index in [1.165, 1.54) is 5.56 Å². The van der Waals surface area contributed by atoms with Crippen molar-refractivity contribution in [2.45, 2.75) is 19.8 Å². The van der Waals surface area contributed by atoms with Crippen LogP contribution in [0.3, 0.4) is 0 Å². The summed E-state index contributed by atoms with van der Waals surface area (Å²) in [6.07, 6.45) is 1.52. The summed E-state index contributed by atoms with van der Waals surface area (Å²) in [7, 11) is 0. The average molecular weight is 329 g/mol. The number of aromatic nitrogens is 1. The number of hydrogen-bond donors (Lipinski definition) is 0. The first-order valence-electron chi connectivity index (χ1n) is 8.16. The van der Waals surface area contributed by atoms with Gasteiger partial charge in [-0.1, -0.05) is 30.3 Å². The minimum absolute atomic E-state index is 0.206. The van der Waals surface area contributed by atoms with Crippen molar-refractivity contribution in [3.63, 3.8) is 0 Å². The van der Waals surface area contributed by atoms with E-state index in [4.69, 9.17) is 0 Å². The molecule has 0 radical (unpaired) electrons. The van der Waals surface area contributed by atoms with Crippen LogP contribution in [0.25, 0.3) is 0 Å². The molecule has 0 N–H and O–H groups in total. The molecule has 1 aromatic carbocycles. The second-order valence-electron chi connectivity index (χ2n) is 5.99. The molecule has 0 aliphatic carbocycles. The Balaban J connectivity index is 1.42. The van der Waals surface area contributed by atoms with Gasteiger partial charge in [0.05, 0.1) is 17.1 Å². The fourth-order valence-electron chi connectivity index (χ4n) is 2.91. The van der Waals surface area contributed by atoms with E-state index in [1.807, 2.05) is 17.2 Å². The van der Waals surface area contributed by atoms with Gasteiger partial charge in [0, 0.05) is 38.1 Å². The molecule has 3 rings (SSSR count). The van der Waals surface area contributed by atoms with E-state index < -0.39 is 0 Å². The van der Waals surface area contributed by atoms with Crippen LogP contribution in [-0.4, -0.2) is 53.4 Å². The average Bonchev–Trinajstić information content (AvgIpc) is 2.99. The Kier molecular flexibility index (Phi) is 5.41. The third-order valence-corrected chi connectivity index (χ3v) is 5.11. The first-order valence-corrected chi connectivity index (χ1v) is 9.04. The molecule has 0 spiro atoms. The number of aryl methyl sites for hydroxylation is 1. The molecule has 0 atom stereocenters. The Labute approximate surface area is 141 Å². The van der Waals surface area contributed by atoms with Gasteiger partial charge in [0.15, 0.2) is 0 Å². The minimum atomic E-state index is 0.206. The van der Waals surface area contributed by atoms with E-state index in [1.54, 1.807) is 11.3 Å². The standard InChI is InChI=1S/C18H23N3OS/c1-15-19-17(14-23-15)13-18(22)21-11-9-20(10-12-21)8-7-16-5-3-2-4-6-16/h2-6,14H,7-13H2,1H3. The summed E-state index contributed by atoms with van der Waals surface area (Å²) in [5.74, 6) is 0.206. The third-order valence-electron chi connectivity index (χ3n) is 4.28. The van der Waals surface area contributed by atoms with Gasteiger partial charge in [0.25, 0.3) is 0 Å². The van der Waals surface area contributed by atoms with Gasteiger partial charge in [-0.25, -0.2) is 4.98 Å². The van der Waals surface area contributed by atoms with Crippen LogP contribution in [0.15, 0.2) is 35.7 Å². The maximum atomic E-state index is 12.3. The molecule has 5 heteroatoms. The van der Waals surface area contributed by atoms with Crippen molar-refractivity contribution in [1.82, 2.24) is 14.8 Å². The summed E-state index contributed by atoms with van der Waals surface area (Å²) in [5.41, 5.74) is 2.29. The van der Waals surface area contributed by atoms with Crippen molar-refractivity contribution < 1.29 is 4.79 Å². The summed E-state index contributed by atoms with van der Waals surface area (Å²) < 4.78 is 0. The lowest BCUT2D eigenvalue weighted by atomic mass is 10.1. The van der Waals surface area contributed by atoms with Crippen molar-refractivity contribution >= 4 is 17.2 Å². The van der Waals surface area contributed by atoms with E-state index in [2.05, 4.69) is 40.2 Å². The van der Waals surface area contributed by atoms with Gasteiger partial charge >= 0.3 is 0 Å². The largest absolute Gasteiger partial charge is 0.340 e. The van der Waals surface area contributed by atoms with Crippen molar-refractivity contribution in [2.75, 3.05) is 32.7 Å². The Morgan fingerprint density at radius 1 is 1.17 bits per heavy atom. The van der Waals surface area contributed by atoms with E-state index in [-0.39, 0.29) is 5.91 Å². The molecule has 23 heavy (non-hydrogen) atoms. The van der Waals surface area contributed by atoms with E-state index >= 15 is 0 Å². The summed E-state index contributed by atoms with van der Waals surface area (Å²) in [5, 5.41) is 3.02. The minimum Gasteiger partial charge on any atom is -0.340 e. The summed E-state index contributed by atoms with van der Waals surface area (Å²) in [6, 6.07) is 10.6. The van der Waals surface area contributed by atoms with Gasteiger partial charge in [0.1, 0.15) is 0 Å². The number of amides is 1. The Hall–Kier alpha value is -1.72. The van der Waals surface area contributed by atoms with E-state index in [0.29, 0.717) is 6.42 Å². The molecule has 1 aromatic heterocycles. The first kappa shape index (κ1) is 16.1. The molecule has 0 unspecified atom stereocenters. The molecule has 122 valence electrons. The van der Waals surface area contributed by atoms with Gasteiger partial charge in [-0.3, -0.25) is 9.69 Å². The van der Waals surface area contributed by atoms with E-state index in [0.717, 1.165) is 49.8 Å². The molecule has 4 nitrogen and oxygen atoms in total. The normalized spacial score (nSPS) is 15.8. The van der Waals surface area contributed by atoms with Gasteiger partial charge < -0.3 is 4.90 Å². The number of nitrogens with zero attached hydrogens (tertiary/aromatic N) is 3. The van der Waals surface area contributed by atoms with Crippen LogP contribution in [0.5, 0.6) is 0 Å². The number of benzene rings is 1. The van der Waals surface area contributed by atoms with Gasteiger partial charge in [0.2, 0.25) is 5.91 Å². The Morgan fingerprint density at radius 2 is 1.91 bits per heavy atom. The highest BCUT2D eigenvalue weighted by atomic mass is 32.1. The van der Waals surface area contributed by atoms with E-state index in [9.17, 15) is 4.79 Å². The van der Waals surface area contributed by atoms with Crippen LogP contribution in [0.4, 0.5) is 0 Å². The van der Waals surface area contributed by atoms with Crippen LogP contribution in [0, 0.1) is 6.92 Å². The zero-order valence-corrected chi connectivity index (χ0v) is 14.4. The maximum Gasteiger partial charge on any atom is 0.228 e. The molecule has 2 aromatic rings. The topological polar surface area (TPSA) is 36.4 Å². The molecule has 1 fully saturated rings. The maximum absolute atomic E-state index is 12.3. The fraction of sp³-hybridized carbons (Fsp3) is 0.444. The lowest BCUT2D eigenvalue weighted by Gasteiger charge is -2.34. The lowest BCUT2D eigenvalue weighted by Crippen LogP contribution is -2.49. The third kappa shape index (κ3) is 4.62. The van der Waals surface area contributed by atoms with Crippen molar-refractivity contribution in [3.05, 3.63) is 52.0 Å². The van der Waals surface area contributed by atoms with Gasteiger partial charge in [-0.2, -0.15) is 0 Å². The number of hydrogen-bond acceptors (Lipinski definition) is 4. The molecule has 1 aliphatic heterocycles. The zero-order chi connectivity index (χ0) is 16.1. The quantitative estimate of drug-likeness (QED) is 0.845. The van der Waals surface area contributed by atoms with Gasteiger partial charge in [-0.05, 0) is 18.9 Å². The summed E-state index contributed by atoms with van der Waals surface area (Å²) in [4.78, 5) is 21.1. The van der Waals surface area contributed by atoms with Crippen LogP contribution < -0.4 is 0 Å². The number of thiazole rings is 1. The second-order valence-corrected chi connectivity index (χ2v) is 7.05. The lowest BCUT2D eigenvalue weighted by molar-refractivity contribution is -0.132. The predicted molar refractivity (Wildman–Crippen MR) is 93.7 cm³/mol. The number of carbonyl (C=O) groups excluding carboxylic acids is 1. The molecule has 1 aliphatic rings. The first-order chi connectivity index (χ1) is 11.2. The SMILES string of the molecule is Cc1nc(CC(=O)N2CCN(CCc3ccccc3)CC2)cs1. The molecule has 0 saturated carbocycles. The monoisotopic (exact) mass is 329 g/mol. The van der Waals surface area contributed by atoms with Crippen molar-refractivity contribution in [2.24, 2.45) is 0 Å². The number of carbonyl (C=O) groups is 1. The van der Waals surface area contributed by atoms with Crippen LogP contribution in [0.2, 0.25) is 0 Å². The summed E-state index contributed by atoms with van der Waals surface area (Å²) >= 11 is 1.61. The molecular formula is C18H23N3OS. The Bertz CT molecular complexity index is 633. The number of piperazine rings is 1. The molecule has 2 heterocycles. The molecular weight excluding hydrogens is 306 g/mol. The van der Waals surface area contributed by atoms with Crippen molar-refractivity contribution in [3.8, 4) is 0 Å². The number of rotatable bonds is 5. The van der Waals surface area contributed by atoms with Gasteiger partial charge in [-0.15, -0.1) is 11.3 Å². The predicted octanol–water partition coefficient (Wildman–Crippen LogP) is 2.38. The van der Waals surface area contributed by atoms with Crippen LogP contribution in [0.1, 0.15) is 16.3 Å². The highest BCUT2D eigenvalue weighted by Crippen LogP contribution is 2.11. The van der Waals surface area contributed by atoms with Crippen LogP contribution in [-0.2, 0) is 17.6 Å². The highest BCUT2D eigenvalue weighted by Gasteiger charge is 2.21. The molecule has 1 amide bonds. The molecule has 1 saturated heterocycles. The van der Waals surface area contributed by atoms with Crippen LogP contribution >= 0.6 is 11.3 Å². The zero-order valence-electron chi connectivity index (χ0n) is 13.6. The molecule has 0 bridgehead atoms. The highest BCUT2D eigenvalue weighted by molar-refractivity contribution is 7.09. The Morgan fingerprint density at radius 3 is 2.57 bits per heavy atom. The fourth-order valence-corrected chi connectivity index (χ4v) is 3.52. The smallest absolute Gasteiger partial charge is 0.228 e. The van der Waals surface area contributed by atoms with Crippen molar-refractivity contribution in [1.29, 1.82) is 0 Å². The second kappa shape index (κ2) is 7.70. The summed E-state index contributed by atoms with van der Waals surface area (Å²) in [6.45, 7) is 6.64.